The van der Waals surface area contributed by atoms with Crippen LogP contribution >= 0.6 is 22.6 Å². The molecule has 0 saturated carbocycles. The van der Waals surface area contributed by atoms with Crippen LogP contribution in [0.25, 0.3) is 0 Å². The van der Waals surface area contributed by atoms with Crippen molar-refractivity contribution in [2.45, 2.75) is 26.8 Å². The fourth-order valence-electron chi connectivity index (χ4n) is 3.26. The number of hydrogen-bond donors (Lipinski definition) is 1. The van der Waals surface area contributed by atoms with E-state index in [1.54, 1.807) is 25.1 Å². The van der Waals surface area contributed by atoms with Crippen LogP contribution in [0.4, 0.5) is 20.2 Å². The van der Waals surface area contributed by atoms with Gasteiger partial charge in [-0.1, -0.05) is 28.7 Å². The molecule has 2 aromatic rings. The molecule has 0 atom stereocenters. The summed E-state index contributed by atoms with van der Waals surface area (Å²) in [5.74, 6) is -0.701. The zero-order valence-electron chi connectivity index (χ0n) is 14.1. The summed E-state index contributed by atoms with van der Waals surface area (Å²) in [5, 5.41) is 2.77. The number of anilines is 2. The summed E-state index contributed by atoms with van der Waals surface area (Å²) in [7, 11) is 0. The highest BCUT2D eigenvalue weighted by Crippen LogP contribution is 2.34. The molecule has 0 bridgehead atoms. The van der Waals surface area contributed by atoms with E-state index in [4.69, 9.17) is 0 Å². The van der Waals surface area contributed by atoms with E-state index < -0.39 is 0 Å². The molecule has 0 aromatic heterocycles. The number of benzene rings is 2. The number of nitrogens with one attached hydrogen (secondary N) is 1. The Morgan fingerprint density at radius 1 is 1.24 bits per heavy atom. The van der Waals surface area contributed by atoms with Gasteiger partial charge in [0.1, 0.15) is 5.82 Å². The second-order valence-electron chi connectivity index (χ2n) is 6.29. The van der Waals surface area contributed by atoms with E-state index in [0.29, 0.717) is 40.9 Å². The third-order valence-corrected chi connectivity index (χ3v) is 5.28. The van der Waals surface area contributed by atoms with E-state index in [1.807, 2.05) is 34.4 Å². The topological polar surface area (TPSA) is 32.3 Å². The number of amides is 1. The predicted octanol–water partition coefficient (Wildman–Crippen LogP) is 4.52. The largest absolute Gasteiger partial charge is 0.364 e. The smallest absolute Gasteiger partial charge is 0.234 e. The first-order chi connectivity index (χ1) is 11.9. The molecular formula is C19H19F2IN2O. The molecule has 1 aliphatic rings. The van der Waals surface area contributed by atoms with Gasteiger partial charge in [-0.25, -0.2) is 8.78 Å². The predicted molar refractivity (Wildman–Crippen MR) is 105 cm³/mol. The van der Waals surface area contributed by atoms with Crippen molar-refractivity contribution in [2.24, 2.45) is 0 Å². The van der Waals surface area contributed by atoms with E-state index in [2.05, 4.69) is 5.32 Å². The fraction of sp³-hybridized carbons (Fsp3) is 0.316. The molecule has 25 heavy (non-hydrogen) atoms. The monoisotopic (exact) mass is 456 g/mol. The Bertz CT molecular complexity index is 839. The zero-order chi connectivity index (χ0) is 18.1. The first-order valence-electron chi connectivity index (χ1n) is 8.08. The van der Waals surface area contributed by atoms with Crippen LogP contribution in [-0.4, -0.2) is 16.9 Å². The summed E-state index contributed by atoms with van der Waals surface area (Å²) >= 11 is 1.98. The van der Waals surface area contributed by atoms with Gasteiger partial charge in [-0.05, 0) is 55.2 Å². The maximum absolute atomic E-state index is 15.0. The Hall–Kier alpha value is -1.70. The Morgan fingerprint density at radius 3 is 2.72 bits per heavy atom. The zero-order valence-corrected chi connectivity index (χ0v) is 16.3. The Kier molecular flexibility index (Phi) is 5.27. The van der Waals surface area contributed by atoms with Crippen LogP contribution in [0, 0.1) is 25.5 Å². The SMILES string of the molecule is Cc1cc(N2CCc3cc(F)ccc3C2)c(F)c(C)c1NC(=O)CI. The minimum absolute atomic E-state index is 0.145. The standard InChI is InChI=1S/C19H19F2IN2O/c1-11-7-16(18(21)12(2)19(11)23-17(25)9-22)24-6-5-13-8-15(20)4-3-14(13)10-24/h3-4,7-8H,5-6,9-10H2,1-2H3,(H,23,25). The molecule has 1 heterocycles. The molecule has 132 valence electrons. The fourth-order valence-corrected chi connectivity index (χ4v) is 3.45. The lowest BCUT2D eigenvalue weighted by Gasteiger charge is -2.32. The minimum Gasteiger partial charge on any atom is -0.364 e. The van der Waals surface area contributed by atoms with Gasteiger partial charge in [0.2, 0.25) is 5.91 Å². The first-order valence-corrected chi connectivity index (χ1v) is 9.61. The molecule has 0 fully saturated rings. The van der Waals surface area contributed by atoms with Crippen molar-refractivity contribution in [1.82, 2.24) is 0 Å². The van der Waals surface area contributed by atoms with Gasteiger partial charge in [0.25, 0.3) is 0 Å². The quantitative estimate of drug-likeness (QED) is 0.545. The van der Waals surface area contributed by atoms with Gasteiger partial charge in [0.15, 0.2) is 5.82 Å². The Balaban J connectivity index is 1.93. The summed E-state index contributed by atoms with van der Waals surface area (Å²) in [6, 6.07) is 6.54. The maximum Gasteiger partial charge on any atom is 0.234 e. The van der Waals surface area contributed by atoms with Crippen LogP contribution in [0.15, 0.2) is 24.3 Å². The number of fused-ring (bicyclic) bond motifs is 1. The molecule has 6 heteroatoms. The number of rotatable bonds is 3. The highest BCUT2D eigenvalue weighted by molar-refractivity contribution is 14.1. The summed E-state index contributed by atoms with van der Waals surface area (Å²) in [4.78, 5) is 13.6. The van der Waals surface area contributed by atoms with E-state index >= 15 is 0 Å². The van der Waals surface area contributed by atoms with Crippen LogP contribution in [0.1, 0.15) is 22.3 Å². The molecule has 0 aliphatic carbocycles. The van der Waals surface area contributed by atoms with Crippen molar-refractivity contribution in [3.8, 4) is 0 Å². The van der Waals surface area contributed by atoms with Crippen LogP contribution in [0.5, 0.6) is 0 Å². The van der Waals surface area contributed by atoms with Gasteiger partial charge < -0.3 is 10.2 Å². The maximum atomic E-state index is 15.0. The van der Waals surface area contributed by atoms with Crippen molar-refractivity contribution in [2.75, 3.05) is 21.2 Å². The number of alkyl halides is 1. The average molecular weight is 456 g/mol. The molecular weight excluding hydrogens is 437 g/mol. The Labute approximate surface area is 159 Å². The number of carbonyl (C=O) groups is 1. The number of hydrogen-bond acceptors (Lipinski definition) is 2. The van der Waals surface area contributed by atoms with Crippen molar-refractivity contribution < 1.29 is 13.6 Å². The van der Waals surface area contributed by atoms with Crippen molar-refractivity contribution in [1.29, 1.82) is 0 Å². The van der Waals surface area contributed by atoms with Gasteiger partial charge in [-0.2, -0.15) is 0 Å². The highest BCUT2D eigenvalue weighted by Gasteiger charge is 2.23. The third-order valence-electron chi connectivity index (χ3n) is 4.58. The second-order valence-corrected chi connectivity index (χ2v) is 7.06. The molecule has 0 spiro atoms. The lowest BCUT2D eigenvalue weighted by atomic mass is 9.98. The van der Waals surface area contributed by atoms with Crippen LogP contribution < -0.4 is 10.2 Å². The van der Waals surface area contributed by atoms with Crippen molar-refractivity contribution in [3.05, 3.63) is 58.2 Å². The number of carbonyl (C=O) groups excluding carboxylic acids is 1. The van der Waals surface area contributed by atoms with Crippen LogP contribution in [-0.2, 0) is 17.8 Å². The van der Waals surface area contributed by atoms with Crippen molar-refractivity contribution in [3.63, 3.8) is 0 Å². The first kappa shape index (κ1) is 18.1. The third kappa shape index (κ3) is 3.63. The molecule has 2 aromatic carbocycles. The number of aryl methyl sites for hydroxylation is 1. The molecule has 1 aliphatic heterocycles. The second kappa shape index (κ2) is 7.27. The van der Waals surface area contributed by atoms with E-state index in [1.165, 1.54) is 6.07 Å². The summed E-state index contributed by atoms with van der Waals surface area (Å²) in [5.41, 5.74) is 4.34. The molecule has 0 saturated heterocycles. The molecule has 0 radical (unpaired) electrons. The summed E-state index contributed by atoms with van der Waals surface area (Å²) < 4.78 is 28.6. The van der Waals surface area contributed by atoms with Gasteiger partial charge in [0.05, 0.1) is 10.1 Å². The molecule has 3 nitrogen and oxygen atoms in total. The van der Waals surface area contributed by atoms with E-state index in [0.717, 1.165) is 16.7 Å². The molecule has 1 amide bonds. The summed E-state index contributed by atoms with van der Waals surface area (Å²) in [6.45, 7) is 4.73. The normalized spacial score (nSPS) is 13.6. The van der Waals surface area contributed by atoms with Crippen LogP contribution in [0.3, 0.4) is 0 Å². The van der Waals surface area contributed by atoms with Crippen molar-refractivity contribution >= 4 is 39.9 Å². The van der Waals surface area contributed by atoms with Crippen LogP contribution in [0.2, 0.25) is 0 Å². The number of halogens is 3. The Morgan fingerprint density at radius 2 is 2.00 bits per heavy atom. The molecule has 0 unspecified atom stereocenters. The lowest BCUT2D eigenvalue weighted by Crippen LogP contribution is -2.31. The van der Waals surface area contributed by atoms with Gasteiger partial charge in [0, 0.05) is 24.3 Å². The summed E-state index contributed by atoms with van der Waals surface area (Å²) in [6.07, 6.45) is 0.679. The molecule has 3 rings (SSSR count). The number of nitrogens with zero attached hydrogens (tertiary/aromatic N) is 1. The van der Waals surface area contributed by atoms with E-state index in [-0.39, 0.29) is 17.5 Å². The minimum atomic E-state index is -0.320. The lowest BCUT2D eigenvalue weighted by molar-refractivity contribution is -0.113. The van der Waals surface area contributed by atoms with E-state index in [9.17, 15) is 13.6 Å². The van der Waals surface area contributed by atoms with Gasteiger partial charge in [-0.15, -0.1) is 0 Å². The van der Waals surface area contributed by atoms with Gasteiger partial charge >= 0.3 is 0 Å². The highest BCUT2D eigenvalue weighted by atomic mass is 127. The molecule has 1 N–H and O–H groups in total. The van der Waals surface area contributed by atoms with Gasteiger partial charge in [-0.3, -0.25) is 4.79 Å². The average Bonchev–Trinajstić information content (AvgIpc) is 2.61.